The van der Waals surface area contributed by atoms with Gasteiger partial charge in [-0.3, -0.25) is 14.4 Å². The molecule has 0 saturated heterocycles. The first kappa shape index (κ1) is 26.6. The number of benzene rings is 3. The van der Waals surface area contributed by atoms with Gasteiger partial charge in [0.05, 0.1) is 26.2 Å². The van der Waals surface area contributed by atoms with E-state index in [9.17, 15) is 14.4 Å². The van der Waals surface area contributed by atoms with E-state index in [1.807, 2.05) is 13.0 Å². The van der Waals surface area contributed by atoms with E-state index in [0.29, 0.717) is 33.5 Å². The van der Waals surface area contributed by atoms with Gasteiger partial charge in [0.25, 0.3) is 17.7 Å². The molecule has 2 heterocycles. The number of hydrogen-bond donors (Lipinski definition) is 2. The number of nitrogens with zero attached hydrogens (tertiary/aromatic N) is 1. The third-order valence-electron chi connectivity index (χ3n) is 6.03. The minimum Gasteiger partial charge on any atom is -0.497 e. The van der Waals surface area contributed by atoms with E-state index in [-0.39, 0.29) is 16.4 Å². The molecular weight excluding hydrogens is 530 g/mol. The van der Waals surface area contributed by atoms with Crippen LogP contribution in [0.1, 0.15) is 16.1 Å². The van der Waals surface area contributed by atoms with Crippen molar-refractivity contribution < 1.29 is 28.3 Å². The van der Waals surface area contributed by atoms with Crippen LogP contribution in [0.4, 0.5) is 17.1 Å². The summed E-state index contributed by atoms with van der Waals surface area (Å²) in [5.41, 5.74) is 2.44. The summed E-state index contributed by atoms with van der Waals surface area (Å²) < 4.78 is 15.9. The van der Waals surface area contributed by atoms with Crippen molar-refractivity contribution >= 4 is 46.5 Å². The van der Waals surface area contributed by atoms with Crippen molar-refractivity contribution in [2.24, 2.45) is 0 Å². The number of rotatable bonds is 9. The Bertz CT molecular complexity index is 1610. The SMILES string of the molecule is COc1ccc(NC2=C(Sc3cccc(NC(=O)c4ccco4)c3)C(=O)N(c3cc(C)ccc3OC)C2=O)cc1. The number of nitrogens with one attached hydrogen (secondary N) is 2. The summed E-state index contributed by atoms with van der Waals surface area (Å²) in [5.74, 6) is -0.203. The van der Waals surface area contributed by atoms with E-state index in [0.717, 1.165) is 22.2 Å². The van der Waals surface area contributed by atoms with Crippen LogP contribution < -0.4 is 25.0 Å². The second kappa shape index (κ2) is 11.4. The Labute approximate surface area is 234 Å². The number of furan rings is 1. The fourth-order valence-electron chi connectivity index (χ4n) is 4.08. The van der Waals surface area contributed by atoms with Gasteiger partial charge in [0.15, 0.2) is 5.76 Å². The second-order valence-electron chi connectivity index (χ2n) is 8.74. The highest BCUT2D eigenvalue weighted by Gasteiger charge is 2.41. The highest BCUT2D eigenvalue weighted by Crippen LogP contribution is 2.41. The lowest BCUT2D eigenvalue weighted by Crippen LogP contribution is -2.32. The summed E-state index contributed by atoms with van der Waals surface area (Å²) in [7, 11) is 3.05. The van der Waals surface area contributed by atoms with Crippen LogP contribution in [-0.4, -0.2) is 31.9 Å². The molecule has 5 rings (SSSR count). The number of imide groups is 1. The molecule has 1 aliphatic heterocycles. The van der Waals surface area contributed by atoms with E-state index >= 15 is 0 Å². The summed E-state index contributed by atoms with van der Waals surface area (Å²) >= 11 is 1.12. The topological polar surface area (TPSA) is 110 Å². The molecule has 10 heteroatoms. The van der Waals surface area contributed by atoms with Gasteiger partial charge in [-0.25, -0.2) is 4.90 Å². The van der Waals surface area contributed by atoms with Crippen LogP contribution in [0.5, 0.6) is 11.5 Å². The van der Waals surface area contributed by atoms with Gasteiger partial charge >= 0.3 is 0 Å². The van der Waals surface area contributed by atoms with Gasteiger partial charge in [-0.15, -0.1) is 0 Å². The molecule has 0 bridgehead atoms. The third-order valence-corrected chi connectivity index (χ3v) is 7.11. The number of ether oxygens (including phenoxy) is 2. The van der Waals surface area contributed by atoms with Gasteiger partial charge in [0, 0.05) is 16.3 Å². The molecule has 0 unspecified atom stereocenters. The number of aryl methyl sites for hydroxylation is 1. The second-order valence-corrected chi connectivity index (χ2v) is 9.82. The first-order valence-corrected chi connectivity index (χ1v) is 13.0. The zero-order valence-electron chi connectivity index (χ0n) is 21.9. The molecular formula is C30H25N3O6S. The maximum atomic E-state index is 13.8. The van der Waals surface area contributed by atoms with Crippen molar-refractivity contribution in [2.75, 3.05) is 29.8 Å². The maximum absolute atomic E-state index is 13.8. The average molecular weight is 556 g/mol. The molecule has 2 N–H and O–H groups in total. The highest BCUT2D eigenvalue weighted by atomic mass is 32.2. The molecule has 202 valence electrons. The molecule has 0 aliphatic carbocycles. The smallest absolute Gasteiger partial charge is 0.291 e. The maximum Gasteiger partial charge on any atom is 0.291 e. The Kier molecular flexibility index (Phi) is 7.61. The largest absolute Gasteiger partial charge is 0.497 e. The summed E-state index contributed by atoms with van der Waals surface area (Å²) in [6.07, 6.45) is 1.42. The molecule has 3 aromatic carbocycles. The fourth-order valence-corrected chi connectivity index (χ4v) is 5.07. The third kappa shape index (κ3) is 5.43. The molecule has 0 atom stereocenters. The lowest BCUT2D eigenvalue weighted by molar-refractivity contribution is -0.120. The van der Waals surface area contributed by atoms with Crippen LogP contribution in [0.15, 0.2) is 105 Å². The number of amides is 3. The lowest BCUT2D eigenvalue weighted by Gasteiger charge is -2.19. The van der Waals surface area contributed by atoms with Crippen LogP contribution in [0, 0.1) is 6.92 Å². The standard InChI is InChI=1S/C30H25N3O6S/c1-18-9-14-24(38-3)23(16-18)33-29(35)26(31-19-10-12-21(37-2)13-11-19)27(30(33)36)40-22-7-4-6-20(17-22)32-28(34)25-8-5-15-39-25/h4-17,31H,1-3H3,(H,32,34). The van der Waals surface area contributed by atoms with Gasteiger partial charge in [0.2, 0.25) is 0 Å². The van der Waals surface area contributed by atoms with Gasteiger partial charge < -0.3 is 24.5 Å². The van der Waals surface area contributed by atoms with Crippen molar-refractivity contribution in [2.45, 2.75) is 11.8 Å². The minimum atomic E-state index is -0.519. The first-order chi connectivity index (χ1) is 19.4. The number of anilines is 3. The monoisotopic (exact) mass is 555 g/mol. The van der Waals surface area contributed by atoms with Crippen molar-refractivity contribution in [3.8, 4) is 11.5 Å². The van der Waals surface area contributed by atoms with Crippen LogP contribution in [0.25, 0.3) is 0 Å². The fraction of sp³-hybridized carbons (Fsp3) is 0.100. The van der Waals surface area contributed by atoms with Crippen LogP contribution in [0.2, 0.25) is 0 Å². The van der Waals surface area contributed by atoms with Crippen molar-refractivity contribution in [3.05, 3.63) is 107 Å². The molecule has 1 aliphatic rings. The summed E-state index contributed by atoms with van der Waals surface area (Å²) in [6.45, 7) is 1.87. The summed E-state index contributed by atoms with van der Waals surface area (Å²) in [6, 6.07) is 22.5. The number of thioether (sulfide) groups is 1. The Morgan fingerprint density at radius 1 is 0.875 bits per heavy atom. The van der Waals surface area contributed by atoms with Gasteiger partial charge in [0.1, 0.15) is 22.1 Å². The predicted molar refractivity (Wildman–Crippen MR) is 153 cm³/mol. The highest BCUT2D eigenvalue weighted by molar-refractivity contribution is 8.04. The normalized spacial score (nSPS) is 13.0. The van der Waals surface area contributed by atoms with Crippen LogP contribution in [0.3, 0.4) is 0 Å². The van der Waals surface area contributed by atoms with Gasteiger partial charge in [-0.1, -0.05) is 23.9 Å². The van der Waals surface area contributed by atoms with Crippen molar-refractivity contribution in [3.63, 3.8) is 0 Å². The van der Waals surface area contributed by atoms with Gasteiger partial charge in [-0.2, -0.15) is 0 Å². The van der Waals surface area contributed by atoms with E-state index in [1.165, 1.54) is 13.4 Å². The van der Waals surface area contributed by atoms with Crippen LogP contribution >= 0.6 is 11.8 Å². The Hall–Kier alpha value is -4.96. The zero-order chi connectivity index (χ0) is 28.2. The molecule has 4 aromatic rings. The van der Waals surface area contributed by atoms with Gasteiger partial charge in [-0.05, 0) is 79.2 Å². The molecule has 1 aromatic heterocycles. The van der Waals surface area contributed by atoms with Crippen molar-refractivity contribution in [1.82, 2.24) is 0 Å². The van der Waals surface area contributed by atoms with Crippen molar-refractivity contribution in [1.29, 1.82) is 0 Å². The van der Waals surface area contributed by atoms with E-state index < -0.39 is 17.7 Å². The molecule has 0 saturated carbocycles. The van der Waals surface area contributed by atoms with E-state index in [1.54, 1.807) is 79.9 Å². The molecule has 0 fully saturated rings. The minimum absolute atomic E-state index is 0.119. The van der Waals surface area contributed by atoms with E-state index in [4.69, 9.17) is 13.9 Å². The Morgan fingerprint density at radius 2 is 1.68 bits per heavy atom. The Balaban J connectivity index is 1.50. The number of carbonyl (C=O) groups is 3. The zero-order valence-corrected chi connectivity index (χ0v) is 22.7. The molecule has 0 spiro atoms. The quantitative estimate of drug-likeness (QED) is 0.248. The number of methoxy groups -OCH3 is 2. The Morgan fingerprint density at radius 3 is 2.38 bits per heavy atom. The lowest BCUT2D eigenvalue weighted by atomic mass is 10.2. The molecule has 0 radical (unpaired) electrons. The van der Waals surface area contributed by atoms with Crippen LogP contribution in [-0.2, 0) is 9.59 Å². The van der Waals surface area contributed by atoms with E-state index in [2.05, 4.69) is 10.6 Å². The summed E-state index contributed by atoms with van der Waals surface area (Å²) in [5, 5.41) is 5.91. The molecule has 40 heavy (non-hydrogen) atoms. The summed E-state index contributed by atoms with van der Waals surface area (Å²) in [4.78, 5) is 42.0. The number of carbonyl (C=O) groups excluding carboxylic acids is 3. The predicted octanol–water partition coefficient (Wildman–Crippen LogP) is 5.85. The number of hydrogen-bond acceptors (Lipinski definition) is 8. The average Bonchev–Trinajstić information content (AvgIpc) is 3.57. The molecule has 9 nitrogen and oxygen atoms in total. The molecule has 3 amide bonds. The first-order valence-electron chi connectivity index (χ1n) is 12.2.